The molecule has 1 saturated heterocycles. The van der Waals surface area contributed by atoms with E-state index >= 15 is 0 Å². The van der Waals surface area contributed by atoms with Gasteiger partial charge in [0, 0.05) is 18.5 Å². The summed E-state index contributed by atoms with van der Waals surface area (Å²) in [6.45, 7) is 3.30. The minimum atomic E-state index is 0.720. The molecule has 2 aromatic rings. The van der Waals surface area contributed by atoms with Crippen molar-refractivity contribution in [3.63, 3.8) is 0 Å². The van der Waals surface area contributed by atoms with E-state index in [0.29, 0.717) is 0 Å². The number of aromatic nitrogens is 1. The molecule has 1 aliphatic rings. The van der Waals surface area contributed by atoms with Gasteiger partial charge in [0.2, 0.25) is 0 Å². The molecule has 2 heterocycles. The average Bonchev–Trinajstić information content (AvgIpc) is 2.46. The number of nitrogens with zero attached hydrogens (tertiary/aromatic N) is 3. The fourth-order valence-corrected chi connectivity index (χ4v) is 2.59. The summed E-state index contributed by atoms with van der Waals surface area (Å²) in [5.41, 5.74) is 0. The number of rotatable bonds is 2. The molecule has 3 rings (SSSR count). The van der Waals surface area contributed by atoms with E-state index in [4.69, 9.17) is 4.74 Å². The third-order valence-corrected chi connectivity index (χ3v) is 3.68. The van der Waals surface area contributed by atoms with Crippen molar-refractivity contribution in [3.05, 3.63) is 34.9 Å². The van der Waals surface area contributed by atoms with Crippen LogP contribution in [0.15, 0.2) is 39.9 Å². The van der Waals surface area contributed by atoms with Gasteiger partial charge in [0.25, 0.3) is 0 Å². The summed E-state index contributed by atoms with van der Waals surface area (Å²) < 4.78 is 6.14. The van der Waals surface area contributed by atoms with Gasteiger partial charge < -0.3 is 9.64 Å². The Hall–Kier alpha value is -1.46. The van der Waals surface area contributed by atoms with Gasteiger partial charge in [0.15, 0.2) is 5.82 Å². The molecule has 0 unspecified atom stereocenters. The number of fused-ring (bicyclic) bond motifs is 1. The Balaban J connectivity index is 1.86. The van der Waals surface area contributed by atoms with E-state index in [9.17, 15) is 0 Å². The Morgan fingerprint density at radius 1 is 1.26 bits per heavy atom. The zero-order chi connectivity index (χ0) is 13.1. The molecule has 1 aliphatic heterocycles. The minimum absolute atomic E-state index is 0.720. The predicted molar refractivity (Wildman–Crippen MR) is 80.0 cm³/mol. The van der Waals surface area contributed by atoms with Crippen LogP contribution in [0.3, 0.4) is 0 Å². The van der Waals surface area contributed by atoms with E-state index < -0.39 is 0 Å². The summed E-state index contributed by atoms with van der Waals surface area (Å²) in [4.78, 5) is 11.0. The highest BCUT2D eigenvalue weighted by atomic mass is 79.9. The van der Waals surface area contributed by atoms with Crippen LogP contribution >= 0.6 is 15.9 Å². The molecule has 0 radical (unpaired) electrons. The molecule has 98 valence electrons. The lowest BCUT2D eigenvalue weighted by Crippen LogP contribution is -2.35. The molecule has 1 aromatic heterocycles. The molecule has 0 bridgehead atoms. The lowest BCUT2D eigenvalue weighted by Gasteiger charge is -2.24. The zero-order valence-corrected chi connectivity index (χ0v) is 12.0. The number of morpholine rings is 1. The summed E-state index contributed by atoms with van der Waals surface area (Å²) in [5.74, 6) is 0.720. The quantitative estimate of drug-likeness (QED) is 0.485. The Kier molecular flexibility index (Phi) is 3.75. The second-order valence-electron chi connectivity index (χ2n) is 4.39. The highest BCUT2D eigenvalue weighted by Crippen LogP contribution is 2.25. The van der Waals surface area contributed by atoms with Crippen molar-refractivity contribution in [1.29, 1.82) is 0 Å². The molecule has 1 fully saturated rings. The van der Waals surface area contributed by atoms with Crippen molar-refractivity contribution in [2.45, 2.75) is 0 Å². The first-order chi connectivity index (χ1) is 9.33. The highest BCUT2D eigenvalue weighted by molar-refractivity contribution is 9.10. The van der Waals surface area contributed by atoms with Gasteiger partial charge in [-0.05, 0) is 27.4 Å². The van der Waals surface area contributed by atoms with Gasteiger partial charge in [-0.25, -0.2) is 9.98 Å². The van der Waals surface area contributed by atoms with Crippen molar-refractivity contribution < 1.29 is 4.74 Å². The molecule has 0 saturated carbocycles. The number of hydrogen-bond donors (Lipinski definition) is 0. The smallest absolute Gasteiger partial charge is 0.155 e. The van der Waals surface area contributed by atoms with E-state index in [-0.39, 0.29) is 0 Å². The number of benzene rings is 1. The Labute approximate surface area is 120 Å². The van der Waals surface area contributed by atoms with E-state index in [2.05, 4.69) is 36.9 Å². The highest BCUT2D eigenvalue weighted by Gasteiger charge is 2.06. The molecule has 5 heteroatoms. The van der Waals surface area contributed by atoms with Gasteiger partial charge >= 0.3 is 0 Å². The maximum atomic E-state index is 5.30. The van der Waals surface area contributed by atoms with E-state index in [1.807, 2.05) is 30.6 Å². The first kappa shape index (κ1) is 12.6. The zero-order valence-electron chi connectivity index (χ0n) is 10.4. The van der Waals surface area contributed by atoms with E-state index in [0.717, 1.165) is 47.5 Å². The SMILES string of the molecule is Brc1nc(/N=C/N2CCOCC2)cc2ccccc12. The van der Waals surface area contributed by atoms with Crippen molar-refractivity contribution >= 4 is 38.9 Å². The maximum Gasteiger partial charge on any atom is 0.155 e. The number of hydrogen-bond acceptors (Lipinski definition) is 3. The summed E-state index contributed by atoms with van der Waals surface area (Å²) in [6, 6.07) is 10.1. The predicted octanol–water partition coefficient (Wildman–Crippen LogP) is 2.99. The van der Waals surface area contributed by atoms with Gasteiger partial charge in [0.05, 0.1) is 19.6 Å². The lowest BCUT2D eigenvalue weighted by atomic mass is 10.2. The molecular formula is C14H14BrN3O. The van der Waals surface area contributed by atoms with Crippen LogP contribution in [0.2, 0.25) is 0 Å². The van der Waals surface area contributed by atoms with Crippen LogP contribution in [0.4, 0.5) is 5.82 Å². The van der Waals surface area contributed by atoms with Crippen molar-refractivity contribution in [3.8, 4) is 0 Å². The topological polar surface area (TPSA) is 37.7 Å². The summed E-state index contributed by atoms with van der Waals surface area (Å²) in [6.07, 6.45) is 1.85. The molecule has 0 amide bonds. The van der Waals surface area contributed by atoms with Crippen LogP contribution in [0.25, 0.3) is 10.8 Å². The molecule has 0 aliphatic carbocycles. The number of pyridine rings is 1. The Morgan fingerprint density at radius 2 is 2.05 bits per heavy atom. The molecular weight excluding hydrogens is 306 g/mol. The van der Waals surface area contributed by atoms with Crippen LogP contribution in [0.5, 0.6) is 0 Å². The minimum Gasteiger partial charge on any atom is -0.378 e. The molecule has 0 atom stereocenters. The number of ether oxygens (including phenoxy) is 1. The second-order valence-corrected chi connectivity index (χ2v) is 5.14. The van der Waals surface area contributed by atoms with Gasteiger partial charge in [-0.3, -0.25) is 0 Å². The van der Waals surface area contributed by atoms with E-state index in [1.54, 1.807) is 0 Å². The molecule has 0 N–H and O–H groups in total. The first-order valence-corrected chi connectivity index (χ1v) is 7.03. The van der Waals surface area contributed by atoms with Crippen molar-refractivity contribution in [1.82, 2.24) is 9.88 Å². The van der Waals surface area contributed by atoms with Crippen LogP contribution < -0.4 is 0 Å². The molecule has 19 heavy (non-hydrogen) atoms. The van der Waals surface area contributed by atoms with Gasteiger partial charge in [0.1, 0.15) is 4.60 Å². The van der Waals surface area contributed by atoms with Gasteiger partial charge in [-0.2, -0.15) is 0 Å². The van der Waals surface area contributed by atoms with Crippen LogP contribution in [-0.4, -0.2) is 42.5 Å². The number of halogens is 1. The fraction of sp³-hybridized carbons (Fsp3) is 0.286. The lowest BCUT2D eigenvalue weighted by molar-refractivity contribution is 0.0701. The average molecular weight is 320 g/mol. The molecule has 0 spiro atoms. The standard InChI is InChI=1S/C14H14BrN3O/c15-14-12-4-2-1-3-11(12)9-13(17-14)16-10-18-5-7-19-8-6-18/h1-4,9-10H,5-8H2/b16-10+. The Bertz CT molecular complexity index is 609. The summed E-state index contributed by atoms with van der Waals surface area (Å²) in [5, 5.41) is 2.24. The van der Waals surface area contributed by atoms with Crippen LogP contribution in [0, 0.1) is 0 Å². The van der Waals surface area contributed by atoms with Crippen molar-refractivity contribution in [2.75, 3.05) is 26.3 Å². The maximum absolute atomic E-state index is 5.30. The van der Waals surface area contributed by atoms with E-state index in [1.165, 1.54) is 0 Å². The monoisotopic (exact) mass is 319 g/mol. The van der Waals surface area contributed by atoms with Crippen LogP contribution in [-0.2, 0) is 4.74 Å². The van der Waals surface area contributed by atoms with Gasteiger partial charge in [-0.1, -0.05) is 24.3 Å². The fourth-order valence-electron chi connectivity index (χ4n) is 2.04. The third kappa shape index (κ3) is 2.93. The molecule has 1 aromatic carbocycles. The normalized spacial score (nSPS) is 16.4. The second kappa shape index (κ2) is 5.67. The Morgan fingerprint density at radius 3 is 2.89 bits per heavy atom. The molecule has 4 nitrogen and oxygen atoms in total. The van der Waals surface area contributed by atoms with Crippen molar-refractivity contribution in [2.24, 2.45) is 4.99 Å². The summed E-state index contributed by atoms with van der Waals surface area (Å²) in [7, 11) is 0. The largest absolute Gasteiger partial charge is 0.378 e. The third-order valence-electron chi connectivity index (χ3n) is 3.08. The van der Waals surface area contributed by atoms with Gasteiger partial charge in [-0.15, -0.1) is 0 Å². The number of aliphatic imine (C=N–C) groups is 1. The first-order valence-electron chi connectivity index (χ1n) is 6.24. The summed E-state index contributed by atoms with van der Waals surface area (Å²) >= 11 is 3.50. The van der Waals surface area contributed by atoms with Crippen LogP contribution in [0.1, 0.15) is 0 Å².